The molecule has 0 bridgehead atoms. The number of aryl methyl sites for hydroxylation is 1. The van der Waals surface area contributed by atoms with E-state index in [1.165, 1.54) is 16.4 Å². The minimum atomic E-state index is -3.64. The Labute approximate surface area is 187 Å². The lowest BCUT2D eigenvalue weighted by Crippen LogP contribution is -2.43. The molecule has 0 atom stereocenters. The van der Waals surface area contributed by atoms with Crippen LogP contribution < -0.4 is 10.1 Å². The summed E-state index contributed by atoms with van der Waals surface area (Å²) in [6.07, 6.45) is 4.05. The normalized spacial score (nSPS) is 17.7. The molecule has 0 saturated carbocycles. The van der Waals surface area contributed by atoms with E-state index in [1.807, 2.05) is 6.92 Å². The van der Waals surface area contributed by atoms with Crippen molar-refractivity contribution in [1.82, 2.24) is 9.62 Å². The van der Waals surface area contributed by atoms with Gasteiger partial charge < -0.3 is 14.8 Å². The Kier molecular flexibility index (Phi) is 8.61. The van der Waals surface area contributed by atoms with Crippen molar-refractivity contribution >= 4 is 22.0 Å². The van der Waals surface area contributed by atoms with Crippen LogP contribution in [-0.4, -0.2) is 58.1 Å². The van der Waals surface area contributed by atoms with Gasteiger partial charge in [-0.05, 0) is 68.4 Å². The van der Waals surface area contributed by atoms with Crippen LogP contribution >= 0.6 is 0 Å². The second-order valence-electron chi connectivity index (χ2n) is 7.87. The Balaban J connectivity index is 1.56. The molecular formula is C22H30F2N2O5S. The highest BCUT2D eigenvalue weighted by atomic mass is 32.2. The van der Waals surface area contributed by atoms with Crippen molar-refractivity contribution in [2.45, 2.75) is 45.6 Å². The molecule has 1 aromatic carbocycles. The van der Waals surface area contributed by atoms with Crippen LogP contribution in [0, 0.1) is 5.92 Å². The molecule has 2 aliphatic rings. The molecule has 1 N–H and O–H groups in total. The summed E-state index contributed by atoms with van der Waals surface area (Å²) in [5, 5.41) is 2.90. The smallest absolute Gasteiger partial charge is 0.387 e. The Morgan fingerprint density at radius 3 is 2.69 bits per heavy atom. The van der Waals surface area contributed by atoms with Gasteiger partial charge in [0.25, 0.3) is 0 Å². The van der Waals surface area contributed by atoms with Gasteiger partial charge in [-0.25, -0.2) is 8.42 Å². The highest BCUT2D eigenvalue weighted by molar-refractivity contribution is 7.93. The molecule has 1 saturated heterocycles. The maximum absolute atomic E-state index is 13.1. The van der Waals surface area contributed by atoms with E-state index < -0.39 is 16.6 Å². The van der Waals surface area contributed by atoms with Crippen LogP contribution in [0.25, 0.3) is 6.08 Å². The number of nitrogens with one attached hydrogen (secondary N) is 1. The van der Waals surface area contributed by atoms with Gasteiger partial charge in [-0.1, -0.05) is 6.07 Å². The third-order valence-electron chi connectivity index (χ3n) is 5.76. The van der Waals surface area contributed by atoms with E-state index in [-0.39, 0.29) is 17.6 Å². The number of piperidine rings is 1. The van der Waals surface area contributed by atoms with E-state index in [0.29, 0.717) is 69.0 Å². The number of nitrogens with zero attached hydrogens (tertiary/aromatic N) is 1. The number of carbonyl (C=O) groups is 1. The predicted molar refractivity (Wildman–Crippen MR) is 117 cm³/mol. The Bertz CT molecular complexity index is 928. The number of halogens is 2. The Morgan fingerprint density at radius 2 is 2.00 bits per heavy atom. The van der Waals surface area contributed by atoms with Gasteiger partial charge in [0, 0.05) is 38.8 Å². The Morgan fingerprint density at radius 1 is 1.25 bits per heavy atom. The molecule has 178 valence electrons. The first kappa shape index (κ1) is 24.6. The topological polar surface area (TPSA) is 84.9 Å². The quantitative estimate of drug-likeness (QED) is 0.529. The third-order valence-corrected chi connectivity index (χ3v) is 7.79. The lowest BCUT2D eigenvalue weighted by molar-refractivity contribution is -0.126. The summed E-state index contributed by atoms with van der Waals surface area (Å²) >= 11 is 0. The Hall–Kier alpha value is -2.04. The average molecular weight is 473 g/mol. The molecule has 1 amide bonds. The number of amides is 1. The first-order valence-corrected chi connectivity index (χ1v) is 12.4. The first-order chi connectivity index (χ1) is 15.3. The van der Waals surface area contributed by atoms with Gasteiger partial charge in [0.1, 0.15) is 5.75 Å². The van der Waals surface area contributed by atoms with E-state index in [0.717, 1.165) is 12.0 Å². The SMILES string of the molecule is CCOCCCNC(=O)C1CCN(S(=O)(=O)C2=Cc3ccc(OC(F)F)cc3CC2)CC1. The summed E-state index contributed by atoms with van der Waals surface area (Å²) in [4.78, 5) is 12.6. The molecule has 0 unspecified atom stereocenters. The maximum atomic E-state index is 13.1. The summed E-state index contributed by atoms with van der Waals surface area (Å²) < 4.78 is 62.2. The summed E-state index contributed by atoms with van der Waals surface area (Å²) in [6, 6.07) is 4.54. The van der Waals surface area contributed by atoms with E-state index in [1.54, 1.807) is 12.1 Å². The molecule has 0 spiro atoms. The number of allylic oxidation sites excluding steroid dienone is 1. The molecule has 3 rings (SSSR count). The molecule has 7 nitrogen and oxygen atoms in total. The van der Waals surface area contributed by atoms with Crippen molar-refractivity contribution in [2.75, 3.05) is 32.8 Å². The molecule has 1 heterocycles. The zero-order valence-electron chi connectivity index (χ0n) is 18.2. The van der Waals surface area contributed by atoms with Crippen molar-refractivity contribution < 1.29 is 31.5 Å². The monoisotopic (exact) mass is 472 g/mol. The van der Waals surface area contributed by atoms with E-state index in [4.69, 9.17) is 4.74 Å². The fourth-order valence-corrected chi connectivity index (χ4v) is 5.68. The van der Waals surface area contributed by atoms with Crippen LogP contribution in [0.3, 0.4) is 0 Å². The summed E-state index contributed by atoms with van der Waals surface area (Å²) in [5.41, 5.74) is 1.47. The molecule has 1 aliphatic heterocycles. The van der Waals surface area contributed by atoms with Crippen molar-refractivity contribution in [2.24, 2.45) is 5.92 Å². The largest absolute Gasteiger partial charge is 0.435 e. The molecule has 0 aromatic heterocycles. The highest BCUT2D eigenvalue weighted by Gasteiger charge is 2.34. The second kappa shape index (κ2) is 11.2. The molecule has 32 heavy (non-hydrogen) atoms. The van der Waals surface area contributed by atoms with E-state index in [9.17, 15) is 22.0 Å². The predicted octanol–water partition coefficient (Wildman–Crippen LogP) is 3.16. The summed E-state index contributed by atoms with van der Waals surface area (Å²) in [7, 11) is -3.64. The molecule has 1 aromatic rings. The number of carbonyl (C=O) groups excluding carboxylic acids is 1. The van der Waals surface area contributed by atoms with Gasteiger partial charge in [0.05, 0.1) is 4.91 Å². The fourth-order valence-electron chi connectivity index (χ4n) is 4.02. The standard InChI is InChI=1S/C22H30F2N2O5S/c1-2-30-13-3-10-25-21(27)16-8-11-26(12-9-16)32(28,29)20-7-5-17-14-19(31-22(23)24)6-4-18(17)15-20/h4,6,14-16,22H,2-3,5,7-13H2,1H3,(H,25,27). The van der Waals surface area contributed by atoms with Gasteiger partial charge >= 0.3 is 6.61 Å². The van der Waals surface area contributed by atoms with Crippen LogP contribution in [0.1, 0.15) is 43.7 Å². The van der Waals surface area contributed by atoms with Crippen LogP contribution in [0.4, 0.5) is 8.78 Å². The second-order valence-corrected chi connectivity index (χ2v) is 9.86. The molecule has 10 heteroatoms. The van der Waals surface area contributed by atoms with Crippen LogP contribution in [0.5, 0.6) is 5.75 Å². The number of benzene rings is 1. The zero-order valence-corrected chi connectivity index (χ0v) is 19.0. The fraction of sp³-hybridized carbons (Fsp3) is 0.591. The van der Waals surface area contributed by atoms with Gasteiger partial charge in [-0.3, -0.25) is 4.79 Å². The number of rotatable bonds is 10. The summed E-state index contributed by atoms with van der Waals surface area (Å²) in [5.74, 6) is -0.161. The maximum Gasteiger partial charge on any atom is 0.387 e. The molecule has 0 radical (unpaired) electrons. The number of hydrogen-bond acceptors (Lipinski definition) is 5. The molecule has 1 aliphatic carbocycles. The first-order valence-electron chi connectivity index (χ1n) is 10.9. The number of hydrogen-bond donors (Lipinski definition) is 1. The average Bonchev–Trinajstić information content (AvgIpc) is 2.78. The number of fused-ring (bicyclic) bond motifs is 1. The van der Waals surface area contributed by atoms with Crippen molar-refractivity contribution in [3.05, 3.63) is 34.2 Å². The minimum absolute atomic E-state index is 0.0359. The third kappa shape index (κ3) is 6.26. The van der Waals surface area contributed by atoms with Crippen molar-refractivity contribution in [3.8, 4) is 5.75 Å². The zero-order chi connectivity index (χ0) is 23.1. The lowest BCUT2D eigenvalue weighted by Gasteiger charge is -2.32. The van der Waals surface area contributed by atoms with Crippen LogP contribution in [0.15, 0.2) is 23.1 Å². The molecule has 1 fully saturated rings. The lowest BCUT2D eigenvalue weighted by atomic mass is 9.97. The van der Waals surface area contributed by atoms with Crippen molar-refractivity contribution in [1.29, 1.82) is 0 Å². The number of alkyl halides is 2. The number of ether oxygens (including phenoxy) is 2. The minimum Gasteiger partial charge on any atom is -0.435 e. The van der Waals surface area contributed by atoms with E-state index >= 15 is 0 Å². The highest BCUT2D eigenvalue weighted by Crippen LogP contribution is 2.33. The van der Waals surface area contributed by atoms with Crippen LogP contribution in [0.2, 0.25) is 0 Å². The van der Waals surface area contributed by atoms with Crippen molar-refractivity contribution in [3.63, 3.8) is 0 Å². The van der Waals surface area contributed by atoms with Gasteiger partial charge in [-0.2, -0.15) is 13.1 Å². The summed E-state index contributed by atoms with van der Waals surface area (Å²) in [6.45, 7) is 1.42. The van der Waals surface area contributed by atoms with Crippen LogP contribution in [-0.2, 0) is 26.0 Å². The number of sulfonamides is 1. The van der Waals surface area contributed by atoms with E-state index in [2.05, 4.69) is 10.1 Å². The van der Waals surface area contributed by atoms with Gasteiger partial charge in [-0.15, -0.1) is 0 Å². The van der Waals surface area contributed by atoms with Gasteiger partial charge in [0.2, 0.25) is 15.9 Å². The molecular weight excluding hydrogens is 442 g/mol. The van der Waals surface area contributed by atoms with Gasteiger partial charge in [0.15, 0.2) is 0 Å².